The van der Waals surface area contributed by atoms with Gasteiger partial charge in [-0.3, -0.25) is 9.69 Å². The molecule has 6 heteroatoms. The number of benzene rings is 2. The van der Waals surface area contributed by atoms with Crippen LogP contribution in [0.2, 0.25) is 0 Å². The molecule has 1 aliphatic rings. The molecule has 0 radical (unpaired) electrons. The third-order valence-corrected chi connectivity index (χ3v) is 3.76. The zero-order valence-electron chi connectivity index (χ0n) is 13.9. The van der Waals surface area contributed by atoms with E-state index in [2.05, 4.69) is 11.9 Å². The molecule has 1 aliphatic heterocycles. The molecule has 1 saturated heterocycles. The van der Waals surface area contributed by atoms with Crippen molar-refractivity contribution in [2.24, 2.45) is 0 Å². The van der Waals surface area contributed by atoms with E-state index in [0.717, 1.165) is 10.5 Å². The Morgan fingerprint density at radius 3 is 2.65 bits per heavy atom. The minimum Gasteiger partial charge on any atom is -0.489 e. The van der Waals surface area contributed by atoms with Crippen molar-refractivity contribution in [2.75, 3.05) is 6.54 Å². The van der Waals surface area contributed by atoms with E-state index in [4.69, 9.17) is 4.74 Å². The molecule has 5 nitrogen and oxygen atoms in total. The number of amides is 3. The zero-order chi connectivity index (χ0) is 18.5. The summed E-state index contributed by atoms with van der Waals surface area (Å²) >= 11 is 0. The van der Waals surface area contributed by atoms with Gasteiger partial charge in [-0.15, -0.1) is 6.58 Å². The Balaban J connectivity index is 1.71. The summed E-state index contributed by atoms with van der Waals surface area (Å²) in [6.07, 6.45) is 3.08. The molecule has 3 amide bonds. The van der Waals surface area contributed by atoms with Crippen molar-refractivity contribution in [1.29, 1.82) is 0 Å². The number of rotatable bonds is 6. The molecule has 132 valence electrons. The van der Waals surface area contributed by atoms with Crippen molar-refractivity contribution < 1.29 is 18.7 Å². The van der Waals surface area contributed by atoms with E-state index in [1.54, 1.807) is 42.5 Å². The van der Waals surface area contributed by atoms with Crippen LogP contribution in [0.15, 0.2) is 66.9 Å². The highest BCUT2D eigenvalue weighted by atomic mass is 19.1. The molecule has 1 fully saturated rings. The molecule has 26 heavy (non-hydrogen) atoms. The first-order valence-corrected chi connectivity index (χ1v) is 7.99. The highest BCUT2D eigenvalue weighted by Gasteiger charge is 2.32. The maximum absolute atomic E-state index is 12.9. The molecule has 1 heterocycles. The zero-order valence-corrected chi connectivity index (χ0v) is 13.9. The minimum absolute atomic E-state index is 0.156. The molecule has 0 saturated carbocycles. The summed E-state index contributed by atoms with van der Waals surface area (Å²) < 4.78 is 18.6. The summed E-state index contributed by atoms with van der Waals surface area (Å²) in [6.45, 7) is 3.98. The third-order valence-electron chi connectivity index (χ3n) is 3.76. The van der Waals surface area contributed by atoms with Crippen LogP contribution in [0.25, 0.3) is 6.08 Å². The average Bonchev–Trinajstić information content (AvgIpc) is 2.89. The van der Waals surface area contributed by atoms with Crippen LogP contribution in [0.5, 0.6) is 5.75 Å². The van der Waals surface area contributed by atoms with E-state index in [-0.39, 0.29) is 18.1 Å². The average molecular weight is 352 g/mol. The van der Waals surface area contributed by atoms with Gasteiger partial charge in [-0.25, -0.2) is 9.18 Å². The summed E-state index contributed by atoms with van der Waals surface area (Å²) in [7, 11) is 0. The number of halogens is 1. The van der Waals surface area contributed by atoms with Gasteiger partial charge in [0.1, 0.15) is 23.9 Å². The first-order valence-electron chi connectivity index (χ1n) is 7.99. The van der Waals surface area contributed by atoms with Crippen LogP contribution in [0.3, 0.4) is 0 Å². The molecule has 0 aromatic heterocycles. The van der Waals surface area contributed by atoms with E-state index in [9.17, 15) is 14.0 Å². The number of ether oxygens (including phenoxy) is 1. The second kappa shape index (κ2) is 7.65. The van der Waals surface area contributed by atoms with Crippen molar-refractivity contribution in [2.45, 2.75) is 6.61 Å². The second-order valence-electron chi connectivity index (χ2n) is 5.68. The Morgan fingerprint density at radius 2 is 1.92 bits per heavy atom. The number of hydrogen-bond donors (Lipinski definition) is 1. The lowest BCUT2D eigenvalue weighted by molar-refractivity contribution is -0.122. The smallest absolute Gasteiger partial charge is 0.329 e. The third kappa shape index (κ3) is 3.97. The Morgan fingerprint density at radius 1 is 1.15 bits per heavy atom. The van der Waals surface area contributed by atoms with Crippen molar-refractivity contribution in [3.63, 3.8) is 0 Å². The molecular formula is C20H17FN2O3. The van der Waals surface area contributed by atoms with E-state index >= 15 is 0 Å². The Hall–Kier alpha value is -3.41. The topological polar surface area (TPSA) is 58.6 Å². The van der Waals surface area contributed by atoms with E-state index < -0.39 is 11.9 Å². The maximum atomic E-state index is 12.9. The first kappa shape index (κ1) is 17.4. The first-order chi connectivity index (χ1) is 12.6. The van der Waals surface area contributed by atoms with Gasteiger partial charge in [0.15, 0.2) is 0 Å². The van der Waals surface area contributed by atoms with Crippen LogP contribution in [0.1, 0.15) is 11.1 Å². The van der Waals surface area contributed by atoms with E-state index in [1.807, 2.05) is 0 Å². The Bertz CT molecular complexity index is 875. The fraction of sp³-hybridized carbons (Fsp3) is 0.100. The number of nitrogens with zero attached hydrogens (tertiary/aromatic N) is 1. The molecule has 2 aromatic rings. The number of nitrogens with one attached hydrogen (secondary N) is 1. The lowest BCUT2D eigenvalue weighted by Crippen LogP contribution is -2.30. The van der Waals surface area contributed by atoms with Crippen LogP contribution >= 0.6 is 0 Å². The SMILES string of the molecule is C=CCN1C(=O)N/C(=C/c2cccc(OCc3ccc(F)cc3)c2)C1=O. The summed E-state index contributed by atoms with van der Waals surface area (Å²) in [5, 5.41) is 2.54. The molecule has 0 unspecified atom stereocenters. The summed E-state index contributed by atoms with van der Waals surface area (Å²) in [6, 6.07) is 12.7. The monoisotopic (exact) mass is 352 g/mol. The van der Waals surface area contributed by atoms with Gasteiger partial charge in [-0.2, -0.15) is 0 Å². The van der Waals surface area contributed by atoms with Crippen molar-refractivity contribution in [3.05, 3.63) is 83.8 Å². The highest BCUT2D eigenvalue weighted by Crippen LogP contribution is 2.19. The van der Waals surface area contributed by atoms with E-state index in [1.165, 1.54) is 18.2 Å². The molecule has 0 atom stereocenters. The lowest BCUT2D eigenvalue weighted by atomic mass is 10.1. The molecule has 3 rings (SSSR count). The van der Waals surface area contributed by atoms with Crippen LogP contribution in [0, 0.1) is 5.82 Å². The van der Waals surface area contributed by atoms with Gasteiger partial charge in [-0.05, 0) is 41.5 Å². The molecule has 2 aromatic carbocycles. The van der Waals surface area contributed by atoms with Crippen LogP contribution in [-0.4, -0.2) is 23.4 Å². The van der Waals surface area contributed by atoms with Gasteiger partial charge in [0.05, 0.1) is 0 Å². The molecule has 1 N–H and O–H groups in total. The Kier molecular flexibility index (Phi) is 5.12. The van der Waals surface area contributed by atoms with E-state index in [0.29, 0.717) is 17.9 Å². The van der Waals surface area contributed by atoms with Crippen LogP contribution < -0.4 is 10.1 Å². The fourth-order valence-corrected chi connectivity index (χ4v) is 2.47. The predicted molar refractivity (Wildman–Crippen MR) is 95.6 cm³/mol. The fourth-order valence-electron chi connectivity index (χ4n) is 2.47. The van der Waals surface area contributed by atoms with Gasteiger partial charge < -0.3 is 10.1 Å². The summed E-state index contributed by atoms with van der Waals surface area (Å²) in [5.41, 5.74) is 1.76. The Labute approximate surface area is 150 Å². The number of imide groups is 1. The van der Waals surface area contributed by atoms with Crippen molar-refractivity contribution in [1.82, 2.24) is 10.2 Å². The lowest BCUT2D eigenvalue weighted by Gasteiger charge is -2.08. The molecule has 0 bridgehead atoms. The molecule has 0 spiro atoms. The number of carbonyl (C=O) groups is 2. The molecular weight excluding hydrogens is 335 g/mol. The van der Waals surface area contributed by atoms with Gasteiger partial charge in [0, 0.05) is 6.54 Å². The number of hydrogen-bond acceptors (Lipinski definition) is 3. The highest BCUT2D eigenvalue weighted by molar-refractivity contribution is 6.14. The minimum atomic E-state index is -0.468. The summed E-state index contributed by atoms with van der Waals surface area (Å²) in [5.74, 6) is -0.0907. The normalized spacial score (nSPS) is 15.3. The quantitative estimate of drug-likeness (QED) is 0.492. The number of carbonyl (C=O) groups excluding carboxylic acids is 2. The van der Waals surface area contributed by atoms with Crippen molar-refractivity contribution in [3.8, 4) is 5.75 Å². The van der Waals surface area contributed by atoms with Crippen molar-refractivity contribution >= 4 is 18.0 Å². The summed E-state index contributed by atoms with van der Waals surface area (Å²) in [4.78, 5) is 25.1. The number of urea groups is 1. The maximum Gasteiger partial charge on any atom is 0.329 e. The standard InChI is InChI=1S/C20H17FN2O3/c1-2-10-23-19(24)18(22-20(23)25)12-15-4-3-5-17(11-15)26-13-14-6-8-16(21)9-7-14/h2-9,11-12H,1,10,13H2,(H,22,25)/b18-12+. The van der Waals surface area contributed by atoms with Gasteiger partial charge >= 0.3 is 6.03 Å². The van der Waals surface area contributed by atoms with Gasteiger partial charge in [-0.1, -0.05) is 30.3 Å². The van der Waals surface area contributed by atoms with Gasteiger partial charge in [0.2, 0.25) is 0 Å². The van der Waals surface area contributed by atoms with Crippen LogP contribution in [0.4, 0.5) is 9.18 Å². The van der Waals surface area contributed by atoms with Gasteiger partial charge in [0.25, 0.3) is 5.91 Å². The van der Waals surface area contributed by atoms with Crippen LogP contribution in [-0.2, 0) is 11.4 Å². The second-order valence-corrected chi connectivity index (χ2v) is 5.68. The largest absolute Gasteiger partial charge is 0.489 e. The predicted octanol–water partition coefficient (Wildman–Crippen LogP) is 3.48. The molecule has 0 aliphatic carbocycles.